The molecular formula is C7H10N2OS. The number of thiol groups is 1. The lowest BCUT2D eigenvalue weighted by Crippen LogP contribution is -2.21. The molecule has 0 aliphatic rings. The van der Waals surface area contributed by atoms with Gasteiger partial charge >= 0.3 is 0 Å². The van der Waals surface area contributed by atoms with E-state index in [1.807, 2.05) is 0 Å². The van der Waals surface area contributed by atoms with Crippen LogP contribution in [-0.4, -0.2) is 15.5 Å². The maximum absolute atomic E-state index is 11.0. The highest BCUT2D eigenvalue weighted by atomic mass is 32.1. The molecule has 0 saturated carbocycles. The van der Waals surface area contributed by atoms with E-state index in [0.29, 0.717) is 6.54 Å². The molecule has 0 aromatic carbocycles. The number of hydrogen-bond acceptors (Lipinski definition) is 3. The monoisotopic (exact) mass is 170 g/mol. The first-order valence-electron chi connectivity index (χ1n) is 3.47. The Morgan fingerprint density at radius 1 is 1.64 bits per heavy atom. The average Bonchev–Trinajstić information content (AvgIpc) is 2.03. The second-order valence-corrected chi connectivity index (χ2v) is 2.61. The van der Waals surface area contributed by atoms with Crippen LogP contribution in [0.5, 0.6) is 0 Å². The second-order valence-electron chi connectivity index (χ2n) is 2.16. The number of nitrogens with zero attached hydrogens (tertiary/aromatic N) is 2. The number of aromatic nitrogens is 2. The van der Waals surface area contributed by atoms with Crippen molar-refractivity contribution in [1.82, 2.24) is 9.78 Å². The van der Waals surface area contributed by atoms with Gasteiger partial charge in [0.05, 0.1) is 0 Å². The Kier molecular flexibility index (Phi) is 3.16. The summed E-state index contributed by atoms with van der Waals surface area (Å²) in [5.74, 6) is 0.781. The third kappa shape index (κ3) is 2.38. The van der Waals surface area contributed by atoms with E-state index in [1.54, 1.807) is 12.3 Å². The van der Waals surface area contributed by atoms with Crippen LogP contribution in [0.25, 0.3) is 0 Å². The molecule has 0 radical (unpaired) electrons. The third-order valence-electron chi connectivity index (χ3n) is 1.31. The molecule has 0 saturated heterocycles. The van der Waals surface area contributed by atoms with E-state index in [0.717, 1.165) is 12.2 Å². The van der Waals surface area contributed by atoms with Gasteiger partial charge in [-0.05, 0) is 18.2 Å². The Hall–Kier alpha value is -0.770. The van der Waals surface area contributed by atoms with Crippen molar-refractivity contribution in [1.29, 1.82) is 0 Å². The zero-order chi connectivity index (χ0) is 8.10. The minimum absolute atomic E-state index is 0.0470. The first kappa shape index (κ1) is 8.33. The van der Waals surface area contributed by atoms with E-state index in [4.69, 9.17) is 0 Å². The Balaban J connectivity index is 2.70. The molecule has 0 atom stereocenters. The van der Waals surface area contributed by atoms with Crippen molar-refractivity contribution in [2.75, 3.05) is 5.75 Å². The van der Waals surface area contributed by atoms with Crippen LogP contribution in [0.2, 0.25) is 0 Å². The summed E-state index contributed by atoms with van der Waals surface area (Å²) < 4.78 is 1.44. The van der Waals surface area contributed by atoms with Gasteiger partial charge < -0.3 is 0 Å². The fraction of sp³-hybridized carbons (Fsp3) is 0.429. The Labute approximate surface area is 70.5 Å². The van der Waals surface area contributed by atoms with Crippen molar-refractivity contribution in [3.05, 3.63) is 28.7 Å². The highest BCUT2D eigenvalue weighted by Gasteiger charge is 1.92. The fourth-order valence-electron chi connectivity index (χ4n) is 0.776. The Bertz CT molecular complexity index is 271. The molecule has 0 N–H and O–H groups in total. The van der Waals surface area contributed by atoms with Crippen LogP contribution in [0.15, 0.2) is 23.1 Å². The minimum Gasteiger partial charge on any atom is -0.268 e. The van der Waals surface area contributed by atoms with Crippen LogP contribution < -0.4 is 5.56 Å². The molecule has 1 aromatic rings. The summed E-state index contributed by atoms with van der Waals surface area (Å²) in [5.41, 5.74) is -0.0470. The molecule has 0 amide bonds. The highest BCUT2D eigenvalue weighted by Crippen LogP contribution is 1.85. The standard InChI is InChI=1S/C7H10N2OS/c10-7-3-1-4-8-9(7)5-2-6-11/h1,3-4,11H,2,5-6H2. The summed E-state index contributed by atoms with van der Waals surface area (Å²) >= 11 is 4.04. The highest BCUT2D eigenvalue weighted by molar-refractivity contribution is 7.80. The quantitative estimate of drug-likeness (QED) is 0.673. The van der Waals surface area contributed by atoms with Gasteiger partial charge in [-0.15, -0.1) is 0 Å². The largest absolute Gasteiger partial charge is 0.268 e. The first-order chi connectivity index (χ1) is 5.34. The van der Waals surface area contributed by atoms with Crippen molar-refractivity contribution in [2.24, 2.45) is 0 Å². The smallest absolute Gasteiger partial charge is 0.266 e. The molecule has 0 aliphatic carbocycles. The van der Waals surface area contributed by atoms with Gasteiger partial charge in [-0.1, -0.05) is 0 Å². The number of hydrogen-bond donors (Lipinski definition) is 1. The van der Waals surface area contributed by atoms with Crippen molar-refractivity contribution >= 4 is 12.6 Å². The molecule has 1 aromatic heterocycles. The van der Waals surface area contributed by atoms with Crippen LogP contribution in [0, 0.1) is 0 Å². The predicted molar refractivity (Wildman–Crippen MR) is 47.0 cm³/mol. The molecule has 0 aliphatic heterocycles. The predicted octanol–water partition coefficient (Wildman–Crippen LogP) is 0.563. The van der Waals surface area contributed by atoms with Crippen LogP contribution in [0.1, 0.15) is 6.42 Å². The van der Waals surface area contributed by atoms with E-state index in [2.05, 4.69) is 17.7 Å². The zero-order valence-corrected chi connectivity index (χ0v) is 7.00. The fourth-order valence-corrected chi connectivity index (χ4v) is 0.917. The lowest BCUT2D eigenvalue weighted by Gasteiger charge is -1.99. The zero-order valence-electron chi connectivity index (χ0n) is 6.10. The van der Waals surface area contributed by atoms with Gasteiger partial charge in [0.25, 0.3) is 5.56 Å². The van der Waals surface area contributed by atoms with E-state index in [-0.39, 0.29) is 5.56 Å². The van der Waals surface area contributed by atoms with Crippen LogP contribution in [0.3, 0.4) is 0 Å². The maximum atomic E-state index is 11.0. The van der Waals surface area contributed by atoms with Gasteiger partial charge in [0.15, 0.2) is 0 Å². The lowest BCUT2D eigenvalue weighted by atomic mass is 10.5. The summed E-state index contributed by atoms with van der Waals surface area (Å²) in [6, 6.07) is 3.14. The maximum Gasteiger partial charge on any atom is 0.266 e. The average molecular weight is 170 g/mol. The number of aryl methyl sites for hydroxylation is 1. The molecule has 0 fully saturated rings. The lowest BCUT2D eigenvalue weighted by molar-refractivity contribution is 0.571. The van der Waals surface area contributed by atoms with Gasteiger partial charge in [-0.2, -0.15) is 17.7 Å². The Morgan fingerprint density at radius 2 is 2.45 bits per heavy atom. The van der Waals surface area contributed by atoms with E-state index >= 15 is 0 Å². The van der Waals surface area contributed by atoms with Crippen molar-refractivity contribution < 1.29 is 0 Å². The van der Waals surface area contributed by atoms with E-state index < -0.39 is 0 Å². The van der Waals surface area contributed by atoms with E-state index in [1.165, 1.54) is 10.7 Å². The summed E-state index contributed by atoms with van der Waals surface area (Å²) in [5, 5.41) is 3.89. The van der Waals surface area contributed by atoms with Gasteiger partial charge in [0.1, 0.15) is 0 Å². The summed E-state index contributed by atoms with van der Waals surface area (Å²) in [4.78, 5) is 11.0. The van der Waals surface area contributed by atoms with Gasteiger partial charge in [-0.3, -0.25) is 4.79 Å². The molecule has 4 heteroatoms. The minimum atomic E-state index is -0.0470. The first-order valence-corrected chi connectivity index (χ1v) is 4.11. The molecule has 1 rings (SSSR count). The van der Waals surface area contributed by atoms with Gasteiger partial charge in [0, 0.05) is 18.8 Å². The second kappa shape index (κ2) is 4.18. The SMILES string of the molecule is O=c1cccnn1CCCS. The van der Waals surface area contributed by atoms with Crippen LogP contribution in [-0.2, 0) is 6.54 Å². The molecule has 60 valence electrons. The van der Waals surface area contributed by atoms with Gasteiger partial charge in [0.2, 0.25) is 0 Å². The molecule has 3 nitrogen and oxygen atoms in total. The molecule has 0 bridgehead atoms. The van der Waals surface area contributed by atoms with E-state index in [9.17, 15) is 4.79 Å². The summed E-state index contributed by atoms with van der Waals surface area (Å²) in [6.45, 7) is 0.656. The third-order valence-corrected chi connectivity index (χ3v) is 1.63. The number of rotatable bonds is 3. The van der Waals surface area contributed by atoms with Gasteiger partial charge in [-0.25, -0.2) is 4.68 Å². The summed E-state index contributed by atoms with van der Waals surface area (Å²) in [7, 11) is 0. The normalized spacial score (nSPS) is 9.91. The van der Waals surface area contributed by atoms with Crippen molar-refractivity contribution in [3.8, 4) is 0 Å². The Morgan fingerprint density at radius 3 is 3.09 bits per heavy atom. The molecular weight excluding hydrogens is 160 g/mol. The molecule has 11 heavy (non-hydrogen) atoms. The topological polar surface area (TPSA) is 34.9 Å². The van der Waals surface area contributed by atoms with Crippen LogP contribution in [0.4, 0.5) is 0 Å². The van der Waals surface area contributed by atoms with Crippen LogP contribution >= 0.6 is 12.6 Å². The summed E-state index contributed by atoms with van der Waals surface area (Å²) in [6.07, 6.45) is 2.49. The molecule has 1 heterocycles. The van der Waals surface area contributed by atoms with Crippen molar-refractivity contribution in [3.63, 3.8) is 0 Å². The molecule has 0 spiro atoms. The molecule has 0 unspecified atom stereocenters. The van der Waals surface area contributed by atoms with Crippen molar-refractivity contribution in [2.45, 2.75) is 13.0 Å².